The number of aromatic nitrogens is 2. The first-order valence-corrected chi connectivity index (χ1v) is 7.67. The summed E-state index contributed by atoms with van der Waals surface area (Å²) in [7, 11) is 7.46. The molecule has 1 aromatic heterocycles. The van der Waals surface area contributed by atoms with Gasteiger partial charge >= 0.3 is 0 Å². The van der Waals surface area contributed by atoms with Crippen molar-refractivity contribution in [2.45, 2.75) is 51.2 Å². The van der Waals surface area contributed by atoms with Crippen molar-refractivity contribution >= 4 is 0 Å². The van der Waals surface area contributed by atoms with Crippen molar-refractivity contribution in [2.75, 3.05) is 21.3 Å². The number of hydrogen-bond acceptors (Lipinski definition) is 4. The average molecular weight is 295 g/mol. The van der Waals surface area contributed by atoms with Gasteiger partial charge in [0.2, 0.25) is 0 Å². The van der Waals surface area contributed by atoms with Gasteiger partial charge in [0.15, 0.2) is 5.75 Å². The van der Waals surface area contributed by atoms with Crippen molar-refractivity contribution in [1.29, 1.82) is 0 Å². The number of ether oxygens (including phenoxy) is 2. The number of aryl methyl sites for hydroxylation is 1. The predicted octanol–water partition coefficient (Wildman–Crippen LogP) is 2.67. The zero-order chi connectivity index (χ0) is 15.7. The van der Waals surface area contributed by atoms with Gasteiger partial charge in [0.25, 0.3) is 0 Å². The van der Waals surface area contributed by atoms with Crippen LogP contribution in [0, 0.1) is 5.41 Å². The Hall–Kier alpha value is -1.07. The van der Waals surface area contributed by atoms with Crippen LogP contribution in [0.1, 0.15) is 51.3 Å². The van der Waals surface area contributed by atoms with Gasteiger partial charge in [-0.05, 0) is 38.1 Å². The van der Waals surface area contributed by atoms with Gasteiger partial charge in [0.05, 0.1) is 30.6 Å². The quantitative estimate of drug-likeness (QED) is 0.907. The van der Waals surface area contributed by atoms with Crippen LogP contribution in [0.2, 0.25) is 0 Å². The van der Waals surface area contributed by atoms with Crippen LogP contribution in [0.4, 0.5) is 0 Å². The van der Waals surface area contributed by atoms with Crippen molar-refractivity contribution in [3.05, 3.63) is 11.9 Å². The maximum Gasteiger partial charge on any atom is 0.161 e. The van der Waals surface area contributed by atoms with Gasteiger partial charge in [0.1, 0.15) is 0 Å². The van der Waals surface area contributed by atoms with E-state index in [1.165, 1.54) is 12.8 Å². The van der Waals surface area contributed by atoms with Crippen molar-refractivity contribution in [3.8, 4) is 5.75 Å². The molecule has 0 spiro atoms. The molecule has 120 valence electrons. The van der Waals surface area contributed by atoms with Crippen molar-refractivity contribution < 1.29 is 9.47 Å². The lowest BCUT2D eigenvalue weighted by atomic mass is 9.68. The summed E-state index contributed by atoms with van der Waals surface area (Å²) in [4.78, 5) is 0. The molecule has 1 saturated carbocycles. The van der Waals surface area contributed by atoms with E-state index < -0.39 is 0 Å². The van der Waals surface area contributed by atoms with Gasteiger partial charge in [-0.25, -0.2) is 0 Å². The summed E-state index contributed by atoms with van der Waals surface area (Å²) in [6, 6.07) is 0.0704. The predicted molar refractivity (Wildman–Crippen MR) is 83.5 cm³/mol. The molecule has 2 rings (SSSR count). The van der Waals surface area contributed by atoms with E-state index in [2.05, 4.69) is 24.3 Å². The summed E-state index contributed by atoms with van der Waals surface area (Å²) >= 11 is 0. The fourth-order valence-corrected chi connectivity index (χ4v) is 3.52. The molecule has 0 aliphatic heterocycles. The highest BCUT2D eigenvalue weighted by Crippen LogP contribution is 2.48. The molecule has 1 heterocycles. The zero-order valence-corrected chi connectivity index (χ0v) is 14.2. The van der Waals surface area contributed by atoms with E-state index in [0.717, 1.165) is 24.3 Å². The van der Waals surface area contributed by atoms with E-state index >= 15 is 0 Å². The monoisotopic (exact) mass is 295 g/mol. The maximum absolute atomic E-state index is 6.04. The average Bonchev–Trinajstić information content (AvgIpc) is 2.83. The molecule has 1 N–H and O–H groups in total. The van der Waals surface area contributed by atoms with Crippen molar-refractivity contribution in [1.82, 2.24) is 15.1 Å². The molecular weight excluding hydrogens is 266 g/mol. The van der Waals surface area contributed by atoms with Crippen LogP contribution in [0.5, 0.6) is 5.75 Å². The summed E-state index contributed by atoms with van der Waals surface area (Å²) in [5.41, 5.74) is 1.25. The number of rotatable bonds is 5. The molecule has 5 nitrogen and oxygen atoms in total. The highest BCUT2D eigenvalue weighted by atomic mass is 16.5. The minimum atomic E-state index is -0.203. The third-order valence-corrected chi connectivity index (χ3v) is 5.11. The van der Waals surface area contributed by atoms with E-state index in [0.29, 0.717) is 5.41 Å². The molecule has 0 radical (unpaired) electrons. The number of methoxy groups -OCH3 is 2. The molecule has 1 unspecified atom stereocenters. The third kappa shape index (κ3) is 2.94. The molecule has 5 heteroatoms. The third-order valence-electron chi connectivity index (χ3n) is 5.11. The Balaban J connectivity index is 2.36. The van der Waals surface area contributed by atoms with Crippen LogP contribution in [-0.2, 0) is 11.8 Å². The SMILES string of the molecule is CNC(c1c(OC)cnn1C)C1(OC)CCC(C)(C)CC1. The number of nitrogens with zero attached hydrogens (tertiary/aromatic N) is 2. The Bertz CT molecular complexity index is 472. The highest BCUT2D eigenvalue weighted by molar-refractivity contribution is 5.31. The van der Waals surface area contributed by atoms with E-state index in [4.69, 9.17) is 9.47 Å². The fourth-order valence-electron chi connectivity index (χ4n) is 3.52. The Kier molecular flexibility index (Phi) is 4.63. The molecule has 1 fully saturated rings. The number of nitrogens with one attached hydrogen (secondary N) is 1. The largest absolute Gasteiger partial charge is 0.493 e. The lowest BCUT2D eigenvalue weighted by molar-refractivity contribution is -0.0880. The molecule has 1 aromatic rings. The molecule has 21 heavy (non-hydrogen) atoms. The first-order chi connectivity index (χ1) is 9.89. The first-order valence-electron chi connectivity index (χ1n) is 7.67. The normalized spacial score (nSPS) is 22.0. The first kappa shape index (κ1) is 16.3. The molecule has 1 aliphatic carbocycles. The Morgan fingerprint density at radius 3 is 2.33 bits per heavy atom. The summed E-state index contributed by atoms with van der Waals surface area (Å²) in [6.45, 7) is 4.68. The maximum atomic E-state index is 6.04. The van der Waals surface area contributed by atoms with E-state index in [1.807, 2.05) is 25.9 Å². The van der Waals surface area contributed by atoms with E-state index in [1.54, 1.807) is 13.3 Å². The van der Waals surface area contributed by atoms with Gasteiger partial charge in [-0.1, -0.05) is 13.8 Å². The van der Waals surface area contributed by atoms with Crippen molar-refractivity contribution in [3.63, 3.8) is 0 Å². The standard InChI is InChI=1S/C16H29N3O2/c1-15(2)7-9-16(21-6,10-8-15)14(17-3)13-12(20-5)11-18-19(13)4/h11,14,17H,7-10H2,1-6H3. The minimum absolute atomic E-state index is 0.0704. The van der Waals surface area contributed by atoms with Gasteiger partial charge in [-0.2, -0.15) is 5.10 Å². The van der Waals surface area contributed by atoms with Crippen LogP contribution in [0.3, 0.4) is 0 Å². The Labute approximate surface area is 128 Å². The molecule has 0 saturated heterocycles. The smallest absolute Gasteiger partial charge is 0.161 e. The molecule has 0 amide bonds. The Morgan fingerprint density at radius 1 is 1.24 bits per heavy atom. The van der Waals surface area contributed by atoms with Gasteiger partial charge in [-0.3, -0.25) is 4.68 Å². The van der Waals surface area contributed by atoms with Crippen LogP contribution >= 0.6 is 0 Å². The molecular formula is C16H29N3O2. The van der Waals surface area contributed by atoms with Gasteiger partial charge < -0.3 is 14.8 Å². The van der Waals surface area contributed by atoms with Crippen LogP contribution in [-0.4, -0.2) is 36.6 Å². The van der Waals surface area contributed by atoms with Gasteiger partial charge in [-0.15, -0.1) is 0 Å². The summed E-state index contributed by atoms with van der Waals surface area (Å²) < 4.78 is 13.4. The molecule has 1 atom stereocenters. The lowest BCUT2D eigenvalue weighted by Crippen LogP contribution is -2.49. The summed E-state index contributed by atoms with van der Waals surface area (Å²) in [5.74, 6) is 0.818. The number of likely N-dealkylation sites (N-methyl/N-ethyl adjacent to an activating group) is 1. The lowest BCUT2D eigenvalue weighted by Gasteiger charge is -2.47. The highest BCUT2D eigenvalue weighted by Gasteiger charge is 2.46. The molecule has 0 bridgehead atoms. The van der Waals surface area contributed by atoms with Crippen LogP contribution in [0.15, 0.2) is 6.20 Å². The second kappa shape index (κ2) is 5.97. The number of hydrogen-bond donors (Lipinski definition) is 1. The molecule has 1 aliphatic rings. The topological polar surface area (TPSA) is 48.3 Å². The van der Waals surface area contributed by atoms with Crippen LogP contribution < -0.4 is 10.1 Å². The second-order valence-electron chi connectivity index (χ2n) is 6.88. The fraction of sp³-hybridized carbons (Fsp3) is 0.812. The van der Waals surface area contributed by atoms with E-state index in [-0.39, 0.29) is 11.6 Å². The van der Waals surface area contributed by atoms with E-state index in [9.17, 15) is 0 Å². The molecule has 0 aromatic carbocycles. The summed E-state index contributed by atoms with van der Waals surface area (Å²) in [5, 5.41) is 7.78. The zero-order valence-electron chi connectivity index (χ0n) is 14.2. The van der Waals surface area contributed by atoms with Crippen LogP contribution in [0.25, 0.3) is 0 Å². The second-order valence-corrected chi connectivity index (χ2v) is 6.88. The minimum Gasteiger partial charge on any atom is -0.493 e. The Morgan fingerprint density at radius 2 is 1.86 bits per heavy atom. The van der Waals surface area contributed by atoms with Crippen molar-refractivity contribution in [2.24, 2.45) is 12.5 Å². The summed E-state index contributed by atoms with van der Waals surface area (Å²) in [6.07, 6.45) is 6.18. The van der Waals surface area contributed by atoms with Gasteiger partial charge in [0, 0.05) is 14.2 Å².